The SMILES string of the molecule is CC(C)N1CCOC(C(N)c2cccc(OC3CC3)c2)C1. The summed E-state index contributed by atoms with van der Waals surface area (Å²) in [6.07, 6.45) is 2.81. The first-order chi connectivity index (χ1) is 10.1. The van der Waals surface area contributed by atoms with E-state index in [0.717, 1.165) is 31.0 Å². The van der Waals surface area contributed by atoms with E-state index in [9.17, 15) is 0 Å². The van der Waals surface area contributed by atoms with Gasteiger partial charge in [0.2, 0.25) is 0 Å². The van der Waals surface area contributed by atoms with Gasteiger partial charge in [0.25, 0.3) is 0 Å². The summed E-state index contributed by atoms with van der Waals surface area (Å²) in [5, 5.41) is 0. The average molecular weight is 290 g/mol. The highest BCUT2D eigenvalue weighted by molar-refractivity contribution is 5.31. The van der Waals surface area contributed by atoms with Crippen molar-refractivity contribution in [3.63, 3.8) is 0 Å². The van der Waals surface area contributed by atoms with Crippen LogP contribution in [0, 0.1) is 0 Å². The Bertz CT molecular complexity index is 474. The third-order valence-corrected chi connectivity index (χ3v) is 4.33. The lowest BCUT2D eigenvalue weighted by Gasteiger charge is -2.38. The minimum absolute atomic E-state index is 0.0531. The van der Waals surface area contributed by atoms with Crippen molar-refractivity contribution in [3.05, 3.63) is 29.8 Å². The lowest BCUT2D eigenvalue weighted by Crippen LogP contribution is -2.49. The maximum atomic E-state index is 6.44. The van der Waals surface area contributed by atoms with E-state index in [0.29, 0.717) is 12.1 Å². The maximum absolute atomic E-state index is 6.44. The molecule has 0 bridgehead atoms. The smallest absolute Gasteiger partial charge is 0.120 e. The molecule has 1 saturated carbocycles. The predicted octanol–water partition coefficient (Wildman–Crippen LogP) is 2.34. The molecule has 1 aliphatic carbocycles. The average Bonchev–Trinajstić information content (AvgIpc) is 3.31. The van der Waals surface area contributed by atoms with Crippen LogP contribution in [-0.4, -0.2) is 42.8 Å². The Labute approximate surface area is 127 Å². The van der Waals surface area contributed by atoms with Gasteiger partial charge >= 0.3 is 0 Å². The minimum Gasteiger partial charge on any atom is -0.490 e. The molecule has 4 nitrogen and oxygen atoms in total. The van der Waals surface area contributed by atoms with E-state index in [4.69, 9.17) is 15.2 Å². The van der Waals surface area contributed by atoms with Gasteiger partial charge in [-0.2, -0.15) is 0 Å². The van der Waals surface area contributed by atoms with E-state index in [2.05, 4.69) is 30.9 Å². The molecule has 4 heteroatoms. The molecule has 0 radical (unpaired) electrons. The molecule has 1 aromatic carbocycles. The highest BCUT2D eigenvalue weighted by Crippen LogP contribution is 2.29. The molecule has 0 aromatic heterocycles. The first-order valence-corrected chi connectivity index (χ1v) is 8.01. The number of hydrogen-bond donors (Lipinski definition) is 1. The van der Waals surface area contributed by atoms with E-state index in [1.54, 1.807) is 0 Å². The van der Waals surface area contributed by atoms with Crippen LogP contribution in [0.2, 0.25) is 0 Å². The fraction of sp³-hybridized carbons (Fsp3) is 0.647. The molecule has 116 valence electrons. The van der Waals surface area contributed by atoms with Crippen molar-refractivity contribution in [1.82, 2.24) is 4.90 Å². The summed E-state index contributed by atoms with van der Waals surface area (Å²) in [5.41, 5.74) is 7.54. The Morgan fingerprint density at radius 1 is 1.33 bits per heavy atom. The van der Waals surface area contributed by atoms with Gasteiger partial charge in [-0.15, -0.1) is 0 Å². The molecule has 2 fully saturated rings. The number of benzene rings is 1. The first kappa shape index (κ1) is 14.8. The van der Waals surface area contributed by atoms with Crippen LogP contribution < -0.4 is 10.5 Å². The molecule has 1 saturated heterocycles. The van der Waals surface area contributed by atoms with Crippen LogP contribution in [0.4, 0.5) is 0 Å². The molecule has 1 heterocycles. The van der Waals surface area contributed by atoms with E-state index < -0.39 is 0 Å². The molecule has 2 N–H and O–H groups in total. The Morgan fingerprint density at radius 2 is 2.14 bits per heavy atom. The number of hydrogen-bond acceptors (Lipinski definition) is 4. The van der Waals surface area contributed by atoms with Gasteiger partial charge in [0.15, 0.2) is 0 Å². The molecule has 2 aliphatic rings. The molecule has 1 aromatic rings. The minimum atomic E-state index is -0.102. The first-order valence-electron chi connectivity index (χ1n) is 8.01. The predicted molar refractivity (Wildman–Crippen MR) is 83.5 cm³/mol. The molecule has 2 atom stereocenters. The summed E-state index contributed by atoms with van der Waals surface area (Å²) in [5.74, 6) is 0.932. The molecular weight excluding hydrogens is 264 g/mol. The quantitative estimate of drug-likeness (QED) is 0.904. The third kappa shape index (κ3) is 3.76. The third-order valence-electron chi connectivity index (χ3n) is 4.33. The standard InChI is InChI=1S/C17H26N2O2/c1-12(2)19-8-9-20-16(11-19)17(18)13-4-3-5-15(10-13)21-14-6-7-14/h3-5,10,12,14,16-17H,6-9,11,18H2,1-2H3. The van der Waals surface area contributed by atoms with Crippen molar-refractivity contribution in [2.45, 2.75) is 51.0 Å². The van der Waals surface area contributed by atoms with Crippen LogP contribution in [-0.2, 0) is 4.74 Å². The number of nitrogens with two attached hydrogens (primary N) is 1. The van der Waals surface area contributed by atoms with Gasteiger partial charge in [0.1, 0.15) is 5.75 Å². The Balaban J connectivity index is 1.67. The van der Waals surface area contributed by atoms with E-state index in [1.165, 1.54) is 12.8 Å². The Kier molecular flexibility index (Phi) is 4.48. The van der Waals surface area contributed by atoms with Crippen LogP contribution in [0.1, 0.15) is 38.3 Å². The zero-order valence-corrected chi connectivity index (χ0v) is 13.0. The normalized spacial score (nSPS) is 25.0. The second-order valence-corrected chi connectivity index (χ2v) is 6.41. The summed E-state index contributed by atoms with van der Waals surface area (Å²) in [6.45, 7) is 7.09. The van der Waals surface area contributed by atoms with E-state index in [1.807, 2.05) is 12.1 Å². The van der Waals surface area contributed by atoms with Crippen LogP contribution in [0.15, 0.2) is 24.3 Å². The van der Waals surface area contributed by atoms with Gasteiger partial charge in [-0.1, -0.05) is 12.1 Å². The zero-order chi connectivity index (χ0) is 14.8. The largest absolute Gasteiger partial charge is 0.490 e. The highest BCUT2D eigenvalue weighted by atomic mass is 16.5. The second kappa shape index (κ2) is 6.34. The Hall–Kier alpha value is -1.10. The van der Waals surface area contributed by atoms with Crippen LogP contribution in [0.3, 0.4) is 0 Å². The van der Waals surface area contributed by atoms with Crippen molar-refractivity contribution in [2.75, 3.05) is 19.7 Å². The van der Waals surface area contributed by atoms with Crippen molar-refractivity contribution in [3.8, 4) is 5.75 Å². The number of morpholine rings is 1. The van der Waals surface area contributed by atoms with Gasteiger partial charge in [-0.05, 0) is 44.4 Å². The highest BCUT2D eigenvalue weighted by Gasteiger charge is 2.28. The van der Waals surface area contributed by atoms with Crippen molar-refractivity contribution >= 4 is 0 Å². The summed E-state index contributed by atoms with van der Waals surface area (Å²) in [4.78, 5) is 2.43. The maximum Gasteiger partial charge on any atom is 0.120 e. The zero-order valence-electron chi connectivity index (χ0n) is 13.0. The van der Waals surface area contributed by atoms with Crippen LogP contribution in [0.5, 0.6) is 5.75 Å². The van der Waals surface area contributed by atoms with Crippen molar-refractivity contribution < 1.29 is 9.47 Å². The molecule has 1 aliphatic heterocycles. The Morgan fingerprint density at radius 3 is 2.86 bits per heavy atom. The van der Waals surface area contributed by atoms with Gasteiger partial charge < -0.3 is 15.2 Å². The lowest BCUT2D eigenvalue weighted by atomic mass is 10.00. The van der Waals surface area contributed by atoms with E-state index in [-0.39, 0.29) is 12.1 Å². The van der Waals surface area contributed by atoms with Crippen LogP contribution >= 0.6 is 0 Å². The summed E-state index contributed by atoms with van der Waals surface area (Å²) in [6, 6.07) is 8.61. The summed E-state index contributed by atoms with van der Waals surface area (Å²) in [7, 11) is 0. The summed E-state index contributed by atoms with van der Waals surface area (Å²) < 4.78 is 11.8. The van der Waals surface area contributed by atoms with Gasteiger partial charge in [-0.25, -0.2) is 0 Å². The molecule has 2 unspecified atom stereocenters. The molecule has 0 spiro atoms. The molecular formula is C17H26N2O2. The van der Waals surface area contributed by atoms with E-state index >= 15 is 0 Å². The second-order valence-electron chi connectivity index (χ2n) is 6.41. The van der Waals surface area contributed by atoms with Gasteiger partial charge in [0, 0.05) is 19.1 Å². The monoisotopic (exact) mass is 290 g/mol. The summed E-state index contributed by atoms with van der Waals surface area (Å²) >= 11 is 0. The lowest BCUT2D eigenvalue weighted by molar-refractivity contribution is -0.0502. The van der Waals surface area contributed by atoms with Crippen molar-refractivity contribution in [2.24, 2.45) is 5.73 Å². The van der Waals surface area contributed by atoms with Crippen molar-refractivity contribution in [1.29, 1.82) is 0 Å². The van der Waals surface area contributed by atoms with Crippen LogP contribution in [0.25, 0.3) is 0 Å². The molecule has 0 amide bonds. The van der Waals surface area contributed by atoms with Gasteiger partial charge in [0.05, 0.1) is 24.9 Å². The molecule has 3 rings (SSSR count). The number of nitrogens with zero attached hydrogens (tertiary/aromatic N) is 1. The van der Waals surface area contributed by atoms with Gasteiger partial charge in [-0.3, -0.25) is 4.90 Å². The number of ether oxygens (including phenoxy) is 2. The fourth-order valence-electron chi connectivity index (χ4n) is 2.77. The number of rotatable bonds is 5. The topological polar surface area (TPSA) is 47.7 Å². The molecule has 21 heavy (non-hydrogen) atoms. The fourth-order valence-corrected chi connectivity index (χ4v) is 2.77.